The minimum Gasteiger partial charge on any atom is -0.618 e. The first-order valence-corrected chi connectivity index (χ1v) is 8.79. The smallest absolute Gasteiger partial charge is 0.252 e. The van der Waals surface area contributed by atoms with Gasteiger partial charge < -0.3 is 10.5 Å². The number of amides is 1. The molecule has 0 saturated carbocycles. The molecule has 1 N–H and O–H groups in total. The lowest BCUT2D eigenvalue weighted by Gasteiger charge is -2.16. The fourth-order valence-electron chi connectivity index (χ4n) is 2.37. The van der Waals surface area contributed by atoms with Crippen molar-refractivity contribution in [2.75, 3.05) is 5.32 Å². The van der Waals surface area contributed by atoms with Gasteiger partial charge in [-0.2, -0.15) is 4.73 Å². The van der Waals surface area contributed by atoms with Gasteiger partial charge in [0, 0.05) is 17.8 Å². The summed E-state index contributed by atoms with van der Waals surface area (Å²) in [5.74, 6) is -0.163. The van der Waals surface area contributed by atoms with Crippen molar-refractivity contribution >= 4 is 23.4 Å². The van der Waals surface area contributed by atoms with Crippen LogP contribution in [0.4, 0.5) is 5.69 Å². The number of carbonyl (C=O) groups is 1. The highest BCUT2D eigenvalue weighted by Gasteiger charge is 2.25. The van der Waals surface area contributed by atoms with Crippen molar-refractivity contribution in [2.24, 2.45) is 0 Å². The Balaban J connectivity index is 1.87. The molecule has 0 aliphatic rings. The Labute approximate surface area is 151 Å². The Bertz CT molecular complexity index is 851. The molecule has 25 heavy (non-hydrogen) atoms. The molecule has 0 bridgehead atoms. The van der Waals surface area contributed by atoms with E-state index in [1.54, 1.807) is 18.2 Å². The first-order chi connectivity index (χ1) is 12.1. The van der Waals surface area contributed by atoms with Crippen LogP contribution >= 0.6 is 11.8 Å². The first kappa shape index (κ1) is 17.0. The summed E-state index contributed by atoms with van der Waals surface area (Å²) in [6.07, 6.45) is 1.43. The number of aryl methyl sites for hydroxylation is 1. The second kappa shape index (κ2) is 7.85. The van der Waals surface area contributed by atoms with Crippen LogP contribution in [-0.4, -0.2) is 5.91 Å². The molecule has 0 saturated heterocycles. The normalized spacial score (nSPS) is 11.7. The predicted octanol–water partition coefficient (Wildman–Crippen LogP) is 4.10. The highest BCUT2D eigenvalue weighted by molar-refractivity contribution is 8.00. The zero-order valence-corrected chi connectivity index (χ0v) is 14.6. The Kier molecular flexibility index (Phi) is 5.36. The number of nitrogens with one attached hydrogen (secondary N) is 1. The summed E-state index contributed by atoms with van der Waals surface area (Å²) in [5.41, 5.74) is 2.71. The zero-order valence-electron chi connectivity index (χ0n) is 13.8. The topological polar surface area (TPSA) is 56.0 Å². The minimum atomic E-state index is -0.523. The number of nitrogens with zero attached hydrogens (tertiary/aromatic N) is 1. The zero-order chi connectivity index (χ0) is 17.6. The molecule has 4 nitrogen and oxygen atoms in total. The van der Waals surface area contributed by atoms with Gasteiger partial charge in [-0.05, 0) is 42.4 Å². The second-order valence-corrected chi connectivity index (χ2v) is 6.75. The van der Waals surface area contributed by atoms with Crippen LogP contribution in [0.1, 0.15) is 16.4 Å². The summed E-state index contributed by atoms with van der Waals surface area (Å²) in [6.45, 7) is 2.00. The molecule has 3 rings (SSSR count). The van der Waals surface area contributed by atoms with Gasteiger partial charge in [0.15, 0.2) is 6.20 Å². The highest BCUT2D eigenvalue weighted by Crippen LogP contribution is 2.34. The summed E-state index contributed by atoms with van der Waals surface area (Å²) in [6, 6.07) is 22.3. The number of carbonyl (C=O) groups excluding carboxylic acids is 1. The second-order valence-electron chi connectivity index (χ2n) is 5.63. The summed E-state index contributed by atoms with van der Waals surface area (Å²) in [7, 11) is 0. The van der Waals surface area contributed by atoms with E-state index in [9.17, 15) is 10.0 Å². The Morgan fingerprint density at radius 3 is 2.36 bits per heavy atom. The maximum Gasteiger partial charge on any atom is 0.252 e. The SMILES string of the molecule is Cc1ccc(NC(=O)[C@H](Sc2cccc[n+]2[O-])c2ccccc2)cc1. The molecule has 0 unspecified atom stereocenters. The number of thioether (sulfide) groups is 1. The third-order valence-electron chi connectivity index (χ3n) is 3.69. The van der Waals surface area contributed by atoms with E-state index in [4.69, 9.17) is 0 Å². The summed E-state index contributed by atoms with van der Waals surface area (Å²) in [4.78, 5) is 12.9. The third kappa shape index (κ3) is 4.39. The molecule has 1 heterocycles. The van der Waals surface area contributed by atoms with E-state index >= 15 is 0 Å². The van der Waals surface area contributed by atoms with Crippen LogP contribution < -0.4 is 10.0 Å². The number of benzene rings is 2. The summed E-state index contributed by atoms with van der Waals surface area (Å²) >= 11 is 1.24. The van der Waals surface area contributed by atoms with Crippen LogP contribution in [0.5, 0.6) is 0 Å². The van der Waals surface area contributed by atoms with Crippen molar-refractivity contribution in [1.29, 1.82) is 0 Å². The maximum atomic E-state index is 12.9. The molecule has 5 heteroatoms. The van der Waals surface area contributed by atoms with Gasteiger partial charge in [0.2, 0.25) is 5.91 Å². The van der Waals surface area contributed by atoms with E-state index in [1.165, 1.54) is 18.0 Å². The van der Waals surface area contributed by atoms with E-state index in [-0.39, 0.29) is 5.91 Å². The van der Waals surface area contributed by atoms with E-state index in [2.05, 4.69) is 5.32 Å². The lowest BCUT2D eigenvalue weighted by Crippen LogP contribution is -2.29. The molecule has 2 aromatic carbocycles. The van der Waals surface area contributed by atoms with Crippen LogP contribution in [0, 0.1) is 12.1 Å². The number of anilines is 1. The lowest BCUT2D eigenvalue weighted by molar-refractivity contribution is -0.645. The van der Waals surface area contributed by atoms with Gasteiger partial charge in [0.1, 0.15) is 5.25 Å². The third-order valence-corrected chi connectivity index (χ3v) is 4.97. The molecule has 0 aliphatic heterocycles. The van der Waals surface area contributed by atoms with Crippen LogP contribution in [0.15, 0.2) is 84.0 Å². The Hall–Kier alpha value is -2.79. The quantitative estimate of drug-likeness (QED) is 0.428. The average Bonchev–Trinajstić information content (AvgIpc) is 2.63. The van der Waals surface area contributed by atoms with Gasteiger partial charge in [0.05, 0.1) is 0 Å². The van der Waals surface area contributed by atoms with Crippen LogP contribution in [0.2, 0.25) is 0 Å². The first-order valence-electron chi connectivity index (χ1n) is 7.91. The van der Waals surface area contributed by atoms with Gasteiger partial charge in [-0.3, -0.25) is 4.79 Å². The Morgan fingerprint density at radius 1 is 1.00 bits per heavy atom. The molecule has 0 fully saturated rings. The van der Waals surface area contributed by atoms with Crippen LogP contribution in [0.25, 0.3) is 0 Å². The van der Waals surface area contributed by atoms with Crippen LogP contribution in [0.3, 0.4) is 0 Å². The number of pyridine rings is 1. The number of hydrogen-bond donors (Lipinski definition) is 1. The fourth-order valence-corrected chi connectivity index (χ4v) is 3.39. The molecule has 0 aliphatic carbocycles. The van der Waals surface area contributed by atoms with Crippen molar-refractivity contribution in [2.45, 2.75) is 17.2 Å². The van der Waals surface area contributed by atoms with E-state index < -0.39 is 5.25 Å². The minimum absolute atomic E-state index is 0.163. The molecule has 3 aromatic rings. The molecular formula is C20H18N2O2S. The molecule has 1 atom stereocenters. The summed E-state index contributed by atoms with van der Waals surface area (Å²) < 4.78 is 0.778. The number of hydrogen-bond acceptors (Lipinski definition) is 3. The molecular weight excluding hydrogens is 332 g/mol. The molecule has 0 spiro atoms. The van der Waals surface area contributed by atoms with Gasteiger partial charge in [0.25, 0.3) is 5.03 Å². The number of aromatic nitrogens is 1. The van der Waals surface area contributed by atoms with E-state index in [0.717, 1.165) is 21.5 Å². The van der Waals surface area contributed by atoms with Gasteiger partial charge >= 0.3 is 0 Å². The van der Waals surface area contributed by atoms with Crippen molar-refractivity contribution in [1.82, 2.24) is 0 Å². The van der Waals surface area contributed by atoms with Crippen molar-refractivity contribution in [3.8, 4) is 0 Å². The molecule has 1 amide bonds. The standard InChI is InChI=1S/C20H18N2O2S/c1-15-10-12-17(13-11-15)21-20(23)19(16-7-3-2-4-8-16)25-18-9-5-6-14-22(18)24/h2-14,19H,1H3,(H,21,23)/t19-/m1/s1. The Morgan fingerprint density at radius 2 is 1.68 bits per heavy atom. The van der Waals surface area contributed by atoms with Gasteiger partial charge in [-0.25, -0.2) is 0 Å². The van der Waals surface area contributed by atoms with E-state index in [1.807, 2.05) is 61.5 Å². The van der Waals surface area contributed by atoms with Crippen molar-refractivity contribution < 1.29 is 9.52 Å². The molecule has 0 radical (unpaired) electrons. The maximum absolute atomic E-state index is 12.9. The molecule has 1 aromatic heterocycles. The van der Waals surface area contributed by atoms with Gasteiger partial charge in [-0.1, -0.05) is 48.0 Å². The monoisotopic (exact) mass is 350 g/mol. The van der Waals surface area contributed by atoms with Crippen molar-refractivity contribution in [3.63, 3.8) is 0 Å². The highest BCUT2D eigenvalue weighted by atomic mass is 32.2. The van der Waals surface area contributed by atoms with E-state index in [0.29, 0.717) is 5.03 Å². The van der Waals surface area contributed by atoms with Crippen LogP contribution in [-0.2, 0) is 4.79 Å². The number of rotatable bonds is 5. The summed E-state index contributed by atoms with van der Waals surface area (Å²) in [5, 5.41) is 14.9. The average molecular weight is 350 g/mol. The van der Waals surface area contributed by atoms with Crippen molar-refractivity contribution in [3.05, 3.63) is 95.3 Å². The lowest BCUT2D eigenvalue weighted by atomic mass is 10.1. The van der Waals surface area contributed by atoms with Gasteiger partial charge in [-0.15, -0.1) is 0 Å². The largest absolute Gasteiger partial charge is 0.618 e. The fraction of sp³-hybridized carbons (Fsp3) is 0.100. The predicted molar refractivity (Wildman–Crippen MR) is 100 cm³/mol. The molecule has 126 valence electrons.